The van der Waals surface area contributed by atoms with Crippen LogP contribution in [0, 0.1) is 0 Å². The molecule has 2 aromatic carbocycles. The fourth-order valence-electron chi connectivity index (χ4n) is 1.74. The van der Waals surface area contributed by atoms with Gasteiger partial charge in [-0.05, 0) is 37.1 Å². The maximum atomic E-state index is 3.28. The number of hydrogen-bond acceptors (Lipinski definition) is 1. The van der Waals surface area contributed by atoms with E-state index in [2.05, 4.69) is 67.7 Å². The third kappa shape index (κ3) is 6.78. The quantitative estimate of drug-likeness (QED) is 0.760. The average Bonchev–Trinajstić information content (AvgIpc) is 2.50. The third-order valence-electron chi connectivity index (χ3n) is 2.73. The van der Waals surface area contributed by atoms with Crippen molar-refractivity contribution in [3.8, 4) is 11.1 Å². The van der Waals surface area contributed by atoms with E-state index in [1.54, 1.807) is 0 Å². The standard InChI is InChI=1S/C12H10.C6H15N/c1-3-7-11(8-4-1)12-9-5-2-6-10-12;1-3-5-7-6-4-2/h1-10H;7H,3-6H2,1-2H3. The maximum absolute atomic E-state index is 3.28. The first-order valence-corrected chi connectivity index (χ1v) is 7.19. The van der Waals surface area contributed by atoms with Crippen LogP contribution in [-0.4, -0.2) is 13.1 Å². The topological polar surface area (TPSA) is 12.0 Å². The lowest BCUT2D eigenvalue weighted by Gasteiger charge is -1.98. The Hall–Kier alpha value is -1.60. The molecule has 0 aliphatic heterocycles. The summed E-state index contributed by atoms with van der Waals surface area (Å²) in [6.45, 7) is 6.72. The Morgan fingerprint density at radius 2 is 1.00 bits per heavy atom. The van der Waals surface area contributed by atoms with E-state index in [-0.39, 0.29) is 0 Å². The molecule has 0 aliphatic rings. The van der Waals surface area contributed by atoms with E-state index in [4.69, 9.17) is 0 Å². The lowest BCUT2D eigenvalue weighted by atomic mass is 10.1. The highest BCUT2D eigenvalue weighted by atomic mass is 14.8. The van der Waals surface area contributed by atoms with Gasteiger partial charge in [0.2, 0.25) is 0 Å². The molecule has 0 radical (unpaired) electrons. The Labute approximate surface area is 117 Å². The Balaban J connectivity index is 0.000000224. The molecule has 0 spiro atoms. The molecule has 0 amide bonds. The summed E-state index contributed by atoms with van der Waals surface area (Å²) >= 11 is 0. The van der Waals surface area contributed by atoms with Crippen LogP contribution in [0.2, 0.25) is 0 Å². The summed E-state index contributed by atoms with van der Waals surface area (Å²) in [7, 11) is 0. The Morgan fingerprint density at radius 1 is 0.632 bits per heavy atom. The van der Waals surface area contributed by atoms with Gasteiger partial charge in [-0.2, -0.15) is 0 Å². The van der Waals surface area contributed by atoms with E-state index in [0.29, 0.717) is 0 Å². The minimum absolute atomic E-state index is 1.17. The second-order valence-corrected chi connectivity index (χ2v) is 4.48. The molecular weight excluding hydrogens is 230 g/mol. The molecule has 0 fully saturated rings. The van der Waals surface area contributed by atoms with Gasteiger partial charge in [-0.3, -0.25) is 0 Å². The zero-order valence-corrected chi connectivity index (χ0v) is 12.1. The number of benzene rings is 2. The van der Waals surface area contributed by atoms with Crippen molar-refractivity contribution in [2.45, 2.75) is 26.7 Å². The van der Waals surface area contributed by atoms with Crippen LogP contribution >= 0.6 is 0 Å². The lowest BCUT2D eigenvalue weighted by Crippen LogP contribution is -2.14. The Bertz CT molecular complexity index is 367. The molecule has 19 heavy (non-hydrogen) atoms. The monoisotopic (exact) mass is 255 g/mol. The zero-order chi connectivity index (χ0) is 13.8. The molecule has 2 rings (SSSR count). The van der Waals surface area contributed by atoms with Crippen LogP contribution in [0.5, 0.6) is 0 Å². The smallest absolute Gasteiger partial charge is 0.00516 e. The molecule has 2 aromatic rings. The number of nitrogens with one attached hydrogen (secondary N) is 1. The molecule has 0 aromatic heterocycles. The summed E-state index contributed by atoms with van der Waals surface area (Å²) in [4.78, 5) is 0. The third-order valence-corrected chi connectivity index (χ3v) is 2.73. The lowest BCUT2D eigenvalue weighted by molar-refractivity contribution is 0.662. The van der Waals surface area contributed by atoms with E-state index in [1.807, 2.05) is 12.1 Å². The summed E-state index contributed by atoms with van der Waals surface area (Å²) in [5, 5.41) is 3.28. The molecule has 0 heterocycles. The summed E-state index contributed by atoms with van der Waals surface area (Å²) < 4.78 is 0. The molecule has 0 saturated heterocycles. The predicted molar refractivity (Wildman–Crippen MR) is 85.3 cm³/mol. The van der Waals surface area contributed by atoms with E-state index in [9.17, 15) is 0 Å². The van der Waals surface area contributed by atoms with Crippen molar-refractivity contribution >= 4 is 0 Å². The first-order valence-electron chi connectivity index (χ1n) is 7.19. The Morgan fingerprint density at radius 3 is 1.32 bits per heavy atom. The van der Waals surface area contributed by atoms with E-state index in [0.717, 1.165) is 0 Å². The van der Waals surface area contributed by atoms with Gasteiger partial charge < -0.3 is 5.32 Å². The minimum Gasteiger partial charge on any atom is -0.317 e. The zero-order valence-electron chi connectivity index (χ0n) is 12.1. The van der Waals surface area contributed by atoms with Crippen molar-refractivity contribution in [1.82, 2.24) is 5.32 Å². The molecular formula is C18H25N. The van der Waals surface area contributed by atoms with Crippen LogP contribution in [0.4, 0.5) is 0 Å². The van der Waals surface area contributed by atoms with E-state index >= 15 is 0 Å². The Kier molecular flexibility index (Phi) is 8.41. The van der Waals surface area contributed by atoms with Gasteiger partial charge in [0, 0.05) is 0 Å². The maximum Gasteiger partial charge on any atom is -0.00516 e. The molecule has 0 saturated carbocycles. The highest BCUT2D eigenvalue weighted by Crippen LogP contribution is 2.17. The minimum atomic E-state index is 1.17. The first kappa shape index (κ1) is 15.5. The largest absolute Gasteiger partial charge is 0.317 e. The van der Waals surface area contributed by atoms with Gasteiger partial charge in [0.25, 0.3) is 0 Å². The second kappa shape index (κ2) is 10.3. The van der Waals surface area contributed by atoms with E-state index < -0.39 is 0 Å². The van der Waals surface area contributed by atoms with Crippen LogP contribution in [0.25, 0.3) is 11.1 Å². The number of rotatable bonds is 5. The summed E-state index contributed by atoms with van der Waals surface area (Å²) in [6, 6.07) is 20.8. The van der Waals surface area contributed by atoms with Crippen molar-refractivity contribution in [2.24, 2.45) is 0 Å². The van der Waals surface area contributed by atoms with Crippen molar-refractivity contribution < 1.29 is 0 Å². The van der Waals surface area contributed by atoms with Crippen LogP contribution < -0.4 is 5.32 Å². The number of hydrogen-bond donors (Lipinski definition) is 1. The first-order chi connectivity index (χ1) is 9.38. The molecule has 0 atom stereocenters. The van der Waals surface area contributed by atoms with Gasteiger partial charge in [-0.25, -0.2) is 0 Å². The van der Waals surface area contributed by atoms with Crippen LogP contribution in [0.1, 0.15) is 26.7 Å². The fraction of sp³-hybridized carbons (Fsp3) is 0.333. The van der Waals surface area contributed by atoms with Gasteiger partial charge >= 0.3 is 0 Å². The van der Waals surface area contributed by atoms with Crippen LogP contribution in [-0.2, 0) is 0 Å². The molecule has 0 unspecified atom stereocenters. The van der Waals surface area contributed by atoms with Gasteiger partial charge in [-0.15, -0.1) is 0 Å². The molecule has 0 bridgehead atoms. The normalized spacial score (nSPS) is 9.58. The fourth-order valence-corrected chi connectivity index (χ4v) is 1.74. The van der Waals surface area contributed by atoms with Crippen molar-refractivity contribution in [3.63, 3.8) is 0 Å². The molecule has 1 N–H and O–H groups in total. The molecule has 102 valence electrons. The second-order valence-electron chi connectivity index (χ2n) is 4.48. The van der Waals surface area contributed by atoms with Crippen molar-refractivity contribution in [3.05, 3.63) is 60.7 Å². The van der Waals surface area contributed by atoms with Gasteiger partial charge in [0.05, 0.1) is 0 Å². The average molecular weight is 255 g/mol. The van der Waals surface area contributed by atoms with Gasteiger partial charge in [0.1, 0.15) is 0 Å². The molecule has 1 heteroatoms. The van der Waals surface area contributed by atoms with Gasteiger partial charge in [-0.1, -0.05) is 74.5 Å². The summed E-state index contributed by atoms with van der Waals surface area (Å²) in [5.74, 6) is 0. The molecule has 0 aliphatic carbocycles. The van der Waals surface area contributed by atoms with Crippen molar-refractivity contribution in [1.29, 1.82) is 0 Å². The highest BCUT2D eigenvalue weighted by molar-refractivity contribution is 5.62. The van der Waals surface area contributed by atoms with Crippen LogP contribution in [0.3, 0.4) is 0 Å². The van der Waals surface area contributed by atoms with Crippen LogP contribution in [0.15, 0.2) is 60.7 Å². The highest BCUT2D eigenvalue weighted by Gasteiger charge is 1.91. The van der Waals surface area contributed by atoms with Gasteiger partial charge in [0.15, 0.2) is 0 Å². The molecule has 1 nitrogen and oxygen atoms in total. The summed E-state index contributed by atoms with van der Waals surface area (Å²) in [5.41, 5.74) is 2.55. The summed E-state index contributed by atoms with van der Waals surface area (Å²) in [6.07, 6.45) is 2.50. The SMILES string of the molecule is CCCNCCC.c1ccc(-c2ccccc2)cc1. The van der Waals surface area contributed by atoms with Crippen molar-refractivity contribution in [2.75, 3.05) is 13.1 Å². The van der Waals surface area contributed by atoms with E-state index in [1.165, 1.54) is 37.1 Å². The predicted octanol–water partition coefficient (Wildman–Crippen LogP) is 4.75.